The molecule has 12 rings (SSSR count). The van der Waals surface area contributed by atoms with E-state index in [9.17, 15) is 14.4 Å². The number of fused-ring (bicyclic) bond motifs is 6. The zero-order chi connectivity index (χ0) is 50.1. The molecular weight excluding hydrogens is 933 g/mol. The molecule has 0 saturated carbocycles. The fraction of sp³-hybridized carbons (Fsp3) is 0.436. The average Bonchev–Trinajstić information content (AvgIpc) is 4.12. The van der Waals surface area contributed by atoms with Gasteiger partial charge in [0.2, 0.25) is 5.91 Å². The lowest BCUT2D eigenvalue weighted by Gasteiger charge is -2.35. The Morgan fingerprint density at radius 1 is 0.986 bits per heavy atom. The van der Waals surface area contributed by atoms with Crippen molar-refractivity contribution >= 4 is 62.2 Å². The van der Waals surface area contributed by atoms with E-state index in [1.54, 1.807) is 29.1 Å². The third-order valence-electron chi connectivity index (χ3n) is 16.3. The van der Waals surface area contributed by atoms with E-state index in [2.05, 4.69) is 55.1 Å². The molecule has 9 heterocycles. The van der Waals surface area contributed by atoms with Crippen LogP contribution in [0.5, 0.6) is 6.01 Å². The van der Waals surface area contributed by atoms with E-state index in [-0.39, 0.29) is 72.5 Å². The van der Waals surface area contributed by atoms with Crippen molar-refractivity contribution in [1.29, 1.82) is 0 Å². The fourth-order valence-electron chi connectivity index (χ4n) is 12.6. The van der Waals surface area contributed by atoms with E-state index < -0.39 is 23.2 Å². The SMILES string of the molecule is C#Cc1c(F)ccc2cccc(-c3ncc4c(N5CC6CCC(C5)N6)nc(OC[C@@]56CC[C@@H](COC(=O)N7CCC(CCc8ccc9c(N%10CCC(=O)NC%10=O)nn(C)c9c8)CC7)N5CC(=C)C6)nc4c3F)c12. The maximum absolute atomic E-state index is 17.2. The van der Waals surface area contributed by atoms with Gasteiger partial charge in [-0.05, 0) is 92.9 Å². The van der Waals surface area contributed by atoms with Crippen LogP contribution >= 0.6 is 0 Å². The van der Waals surface area contributed by atoms with Gasteiger partial charge in [0.15, 0.2) is 11.6 Å². The highest BCUT2D eigenvalue weighted by molar-refractivity contribution is 6.09. The molecule has 0 radical (unpaired) electrons. The average molecular weight is 990 g/mol. The first-order valence-corrected chi connectivity index (χ1v) is 25.5. The maximum atomic E-state index is 17.2. The third kappa shape index (κ3) is 8.55. The van der Waals surface area contributed by atoms with Crippen LogP contribution in [0.2, 0.25) is 0 Å². The van der Waals surface area contributed by atoms with E-state index in [4.69, 9.17) is 25.9 Å². The Labute approximate surface area is 421 Å². The molecule has 6 aliphatic heterocycles. The molecule has 18 heteroatoms. The van der Waals surface area contributed by atoms with Gasteiger partial charge >= 0.3 is 18.1 Å². The number of ether oxygens (including phenoxy) is 2. The maximum Gasteiger partial charge on any atom is 0.409 e. The van der Waals surface area contributed by atoms with Crippen molar-refractivity contribution < 1.29 is 32.6 Å². The first-order chi connectivity index (χ1) is 35.4. The number of aromatic nitrogens is 5. The van der Waals surface area contributed by atoms with E-state index in [1.165, 1.54) is 16.5 Å². The van der Waals surface area contributed by atoms with Crippen LogP contribution < -0.4 is 25.2 Å². The number of piperazine rings is 1. The lowest BCUT2D eigenvalue weighted by atomic mass is 9.90. The van der Waals surface area contributed by atoms with Gasteiger partial charge in [-0.25, -0.2) is 18.4 Å². The summed E-state index contributed by atoms with van der Waals surface area (Å²) in [6, 6.07) is 14.6. The fourth-order valence-corrected chi connectivity index (χ4v) is 12.6. The number of pyridine rings is 1. The number of carbonyl (C=O) groups excluding carboxylic acids is 3. The lowest BCUT2D eigenvalue weighted by molar-refractivity contribution is -0.120. The number of carbonyl (C=O) groups is 3. The molecule has 2 unspecified atom stereocenters. The highest BCUT2D eigenvalue weighted by Crippen LogP contribution is 2.45. The number of imide groups is 1. The molecule has 6 saturated heterocycles. The number of amides is 4. The topological polar surface area (TPSA) is 163 Å². The largest absolute Gasteiger partial charge is 0.461 e. The number of aryl methyl sites for hydroxylation is 2. The number of rotatable bonds is 11. The van der Waals surface area contributed by atoms with Crippen LogP contribution in [0, 0.1) is 29.9 Å². The van der Waals surface area contributed by atoms with Crippen molar-refractivity contribution in [3.05, 3.63) is 89.6 Å². The number of likely N-dealkylation sites (tertiary alicyclic amines) is 1. The van der Waals surface area contributed by atoms with Crippen LogP contribution in [-0.2, 0) is 23.0 Å². The summed E-state index contributed by atoms with van der Waals surface area (Å²) in [5, 5.41) is 13.1. The second kappa shape index (κ2) is 18.7. The number of hydrogen-bond donors (Lipinski definition) is 2. The van der Waals surface area contributed by atoms with Gasteiger partial charge in [-0.15, -0.1) is 6.42 Å². The molecule has 6 aliphatic rings. The zero-order valence-electron chi connectivity index (χ0n) is 40.8. The lowest BCUT2D eigenvalue weighted by Crippen LogP contribution is -2.51. The highest BCUT2D eigenvalue weighted by atomic mass is 19.1. The summed E-state index contributed by atoms with van der Waals surface area (Å²) in [5.74, 6) is 2.51. The molecule has 0 spiro atoms. The van der Waals surface area contributed by atoms with Gasteiger partial charge in [0.05, 0.1) is 22.0 Å². The number of anilines is 2. The number of nitrogens with zero attached hydrogens (tertiary/aromatic N) is 9. The summed E-state index contributed by atoms with van der Waals surface area (Å²) in [5.41, 5.74) is 3.20. The smallest absolute Gasteiger partial charge is 0.409 e. The summed E-state index contributed by atoms with van der Waals surface area (Å²) in [4.78, 5) is 60.1. The quantitative estimate of drug-likeness (QED) is 0.0979. The molecule has 3 aromatic heterocycles. The second-order valence-electron chi connectivity index (χ2n) is 20.9. The Morgan fingerprint density at radius 2 is 1.81 bits per heavy atom. The van der Waals surface area contributed by atoms with E-state index >= 15 is 8.78 Å². The summed E-state index contributed by atoms with van der Waals surface area (Å²) >= 11 is 0. The molecule has 4 amide bonds. The number of nitrogens with one attached hydrogen (secondary N) is 2. The van der Waals surface area contributed by atoms with E-state index in [1.807, 2.05) is 24.1 Å². The van der Waals surface area contributed by atoms with Crippen LogP contribution in [0.4, 0.5) is 30.0 Å². The van der Waals surface area contributed by atoms with Crippen LogP contribution in [0.15, 0.2) is 66.9 Å². The number of benzene rings is 3. The van der Waals surface area contributed by atoms with Gasteiger partial charge in [-0.1, -0.05) is 48.4 Å². The number of piperidine rings is 1. The zero-order valence-corrected chi connectivity index (χ0v) is 40.8. The molecule has 2 bridgehead atoms. The minimum Gasteiger partial charge on any atom is -0.461 e. The van der Waals surface area contributed by atoms with Crippen LogP contribution in [0.3, 0.4) is 0 Å². The van der Waals surface area contributed by atoms with Crippen molar-refractivity contribution in [2.45, 2.75) is 87.9 Å². The van der Waals surface area contributed by atoms with E-state index in [0.717, 1.165) is 67.8 Å². The molecule has 3 aromatic carbocycles. The Balaban J connectivity index is 0.702. The molecule has 4 atom stereocenters. The summed E-state index contributed by atoms with van der Waals surface area (Å²) < 4.78 is 46.7. The minimum atomic E-state index is -0.674. The molecule has 0 aliphatic carbocycles. The predicted octanol–water partition coefficient (Wildman–Crippen LogP) is 7.40. The van der Waals surface area contributed by atoms with Crippen LogP contribution in [0.1, 0.15) is 68.9 Å². The molecule has 73 heavy (non-hydrogen) atoms. The van der Waals surface area contributed by atoms with Crippen molar-refractivity contribution in [2.24, 2.45) is 13.0 Å². The molecule has 16 nitrogen and oxygen atoms in total. The molecule has 2 N–H and O–H groups in total. The first-order valence-electron chi connectivity index (χ1n) is 25.5. The van der Waals surface area contributed by atoms with Crippen molar-refractivity contribution in [1.82, 2.24) is 45.2 Å². The van der Waals surface area contributed by atoms with Crippen molar-refractivity contribution in [3.8, 4) is 29.6 Å². The summed E-state index contributed by atoms with van der Waals surface area (Å²) in [6.45, 7) is 8.42. The molecule has 376 valence electrons. The highest BCUT2D eigenvalue weighted by Gasteiger charge is 2.52. The van der Waals surface area contributed by atoms with Crippen LogP contribution in [0.25, 0.3) is 43.8 Å². The predicted molar refractivity (Wildman–Crippen MR) is 272 cm³/mol. The first kappa shape index (κ1) is 46.8. The van der Waals surface area contributed by atoms with Gasteiger partial charge < -0.3 is 24.6 Å². The standard InChI is InChI=1S/C55H57F2N11O5/c1-4-39-43(56)15-11-35-6-5-7-41(46(35)39)48-47(57)49-42(26-58-48)50(66-28-36-12-13-37(29-66)59-36)62-52(61-49)73-31-55-20-16-38(68(55)27-32(2)25-55)30-72-54(71)65-21-17-33(18-22-65)8-9-34-10-14-40-44(24-34)64(3)63-51(40)67-23-19-45(69)60-53(67)70/h1,5-7,10-11,14-15,24,26,33,36-38,59H,2,8-9,12-13,16-23,25,27-31H2,3H3,(H,60,69,70)/t36?,37?,38-,55-/m0/s1. The monoisotopic (exact) mass is 989 g/mol. The number of halogens is 2. The number of urea groups is 1. The normalized spacial score (nSPS) is 23.5. The Hall–Kier alpha value is -7.23. The van der Waals surface area contributed by atoms with Gasteiger partial charge in [0.25, 0.3) is 0 Å². The molecule has 6 aromatic rings. The second-order valence-corrected chi connectivity index (χ2v) is 20.9. The third-order valence-corrected chi connectivity index (χ3v) is 16.3. The van der Waals surface area contributed by atoms with Crippen LogP contribution in [-0.4, -0.2) is 129 Å². The minimum absolute atomic E-state index is 0.00484. The molecule has 6 fully saturated rings. The van der Waals surface area contributed by atoms with Gasteiger partial charge in [-0.2, -0.15) is 15.1 Å². The summed E-state index contributed by atoms with van der Waals surface area (Å²) in [6.07, 6.45) is 15.3. The Kier molecular flexibility index (Phi) is 12.0. The number of hydrogen-bond acceptors (Lipinski definition) is 12. The van der Waals surface area contributed by atoms with Crippen molar-refractivity contribution in [3.63, 3.8) is 0 Å². The van der Waals surface area contributed by atoms with E-state index in [0.29, 0.717) is 85.0 Å². The number of terminal acetylenes is 1. The summed E-state index contributed by atoms with van der Waals surface area (Å²) in [7, 11) is 1.86. The Bertz CT molecular complexity index is 3280. The van der Waals surface area contributed by atoms with Gasteiger partial charge in [0, 0.05) is 93.4 Å². The Morgan fingerprint density at radius 3 is 2.60 bits per heavy atom. The van der Waals surface area contributed by atoms with Gasteiger partial charge in [0.1, 0.15) is 36.1 Å². The van der Waals surface area contributed by atoms with Gasteiger partial charge in [-0.3, -0.25) is 29.6 Å². The van der Waals surface area contributed by atoms with Crippen molar-refractivity contribution in [2.75, 3.05) is 62.3 Å². The molecular formula is C55H57F2N11O5.